The summed E-state index contributed by atoms with van der Waals surface area (Å²) in [7, 11) is 0. The van der Waals surface area contributed by atoms with Crippen molar-refractivity contribution in [1.29, 1.82) is 0 Å². The highest BCUT2D eigenvalue weighted by Crippen LogP contribution is 2.39. The van der Waals surface area contributed by atoms with Gasteiger partial charge in [0.15, 0.2) is 5.69 Å². The van der Waals surface area contributed by atoms with E-state index in [4.69, 9.17) is 9.47 Å². The zero-order valence-corrected chi connectivity index (χ0v) is 20.1. The molecule has 1 aliphatic rings. The molecule has 4 rings (SSSR count). The number of carbonyl (C=O) groups excluding carboxylic acids is 2. The minimum absolute atomic E-state index is 0.0484. The average molecular weight is 476 g/mol. The predicted octanol–water partition coefficient (Wildman–Crippen LogP) is 4.41. The molecule has 1 atom stereocenters. The van der Waals surface area contributed by atoms with Crippen molar-refractivity contribution in [3.8, 4) is 5.75 Å². The van der Waals surface area contributed by atoms with Gasteiger partial charge in [-0.3, -0.25) is 14.3 Å². The normalized spacial score (nSPS) is 15.3. The minimum atomic E-state index is -1.02. The van der Waals surface area contributed by atoms with E-state index in [0.29, 0.717) is 13.0 Å². The van der Waals surface area contributed by atoms with Gasteiger partial charge in [-0.15, -0.1) is 0 Å². The molecule has 0 N–H and O–H groups in total. The third-order valence-corrected chi connectivity index (χ3v) is 6.06. The van der Waals surface area contributed by atoms with Crippen LogP contribution < -0.4 is 10.2 Å². The topological polar surface area (TPSA) is 90.7 Å². The number of ether oxygens (including phenoxy) is 2. The van der Waals surface area contributed by atoms with E-state index in [2.05, 4.69) is 5.10 Å². The van der Waals surface area contributed by atoms with Crippen molar-refractivity contribution in [3.05, 3.63) is 93.9 Å². The van der Waals surface area contributed by atoms with E-state index in [1.807, 2.05) is 81.4 Å². The quantitative estimate of drug-likeness (QED) is 0.470. The summed E-state index contributed by atoms with van der Waals surface area (Å²) in [6.45, 7) is 6.18. The molecule has 0 spiro atoms. The first kappa shape index (κ1) is 24.2. The molecular formula is C27H29N3O5. The molecule has 0 fully saturated rings. The molecule has 2 heterocycles. The van der Waals surface area contributed by atoms with Crippen molar-refractivity contribution in [1.82, 2.24) is 14.7 Å². The van der Waals surface area contributed by atoms with Gasteiger partial charge in [0.2, 0.25) is 11.2 Å². The van der Waals surface area contributed by atoms with Crippen molar-refractivity contribution in [2.75, 3.05) is 13.2 Å². The predicted molar refractivity (Wildman–Crippen MR) is 131 cm³/mol. The van der Waals surface area contributed by atoms with Gasteiger partial charge in [-0.25, -0.2) is 4.79 Å². The number of rotatable bonds is 7. The molecule has 182 valence electrons. The summed E-state index contributed by atoms with van der Waals surface area (Å²) >= 11 is 0. The maximum atomic E-state index is 13.6. The Labute approximate surface area is 204 Å². The number of hydrogen-bond acceptors (Lipinski definition) is 6. The Balaban J connectivity index is 1.90. The van der Waals surface area contributed by atoms with Gasteiger partial charge < -0.3 is 14.4 Å². The molecule has 0 saturated heterocycles. The van der Waals surface area contributed by atoms with E-state index in [1.165, 1.54) is 4.68 Å². The second-order valence-electron chi connectivity index (χ2n) is 8.75. The van der Waals surface area contributed by atoms with E-state index in [0.717, 1.165) is 17.3 Å². The highest BCUT2D eigenvalue weighted by atomic mass is 16.7. The number of fused-ring (bicyclic) bond motifs is 1. The average Bonchev–Trinajstić information content (AvgIpc) is 2.86. The van der Waals surface area contributed by atoms with Crippen LogP contribution >= 0.6 is 0 Å². The van der Waals surface area contributed by atoms with E-state index >= 15 is 0 Å². The fourth-order valence-electron chi connectivity index (χ4n) is 4.44. The summed E-state index contributed by atoms with van der Waals surface area (Å²) in [5.74, 6) is -0.957. The number of nitrogens with zero attached hydrogens (tertiary/aromatic N) is 3. The van der Waals surface area contributed by atoms with E-state index < -0.39 is 17.5 Å². The van der Waals surface area contributed by atoms with Crippen LogP contribution in [0.4, 0.5) is 4.79 Å². The number of carbonyl (C=O) groups is 2. The zero-order valence-electron chi connectivity index (χ0n) is 20.1. The van der Waals surface area contributed by atoms with Crippen LogP contribution in [0.2, 0.25) is 0 Å². The van der Waals surface area contributed by atoms with Crippen molar-refractivity contribution in [2.45, 2.75) is 45.2 Å². The van der Waals surface area contributed by atoms with Crippen molar-refractivity contribution in [2.24, 2.45) is 0 Å². The van der Waals surface area contributed by atoms with Gasteiger partial charge >= 0.3 is 6.16 Å². The Kier molecular flexibility index (Phi) is 7.29. The fourth-order valence-corrected chi connectivity index (χ4v) is 4.44. The molecule has 8 nitrogen and oxygen atoms in total. The first-order valence-corrected chi connectivity index (χ1v) is 11.8. The maximum Gasteiger partial charge on any atom is 0.514 e. The second-order valence-corrected chi connectivity index (χ2v) is 8.75. The molecule has 1 unspecified atom stereocenters. The van der Waals surface area contributed by atoms with Gasteiger partial charge in [0, 0.05) is 18.5 Å². The summed E-state index contributed by atoms with van der Waals surface area (Å²) < 4.78 is 11.8. The molecule has 1 aliphatic heterocycles. The molecule has 35 heavy (non-hydrogen) atoms. The van der Waals surface area contributed by atoms with E-state index in [1.54, 1.807) is 4.90 Å². The Hall–Kier alpha value is -3.94. The van der Waals surface area contributed by atoms with Gasteiger partial charge in [0.1, 0.15) is 0 Å². The third kappa shape index (κ3) is 4.96. The van der Waals surface area contributed by atoms with Crippen LogP contribution in [0, 0.1) is 0 Å². The first-order valence-electron chi connectivity index (χ1n) is 11.8. The Morgan fingerprint density at radius 2 is 1.63 bits per heavy atom. The largest absolute Gasteiger partial charge is 0.514 e. The minimum Gasteiger partial charge on any atom is -0.434 e. The van der Waals surface area contributed by atoms with Crippen LogP contribution in [0.1, 0.15) is 60.8 Å². The second kappa shape index (κ2) is 10.5. The third-order valence-electron chi connectivity index (χ3n) is 6.06. The first-order chi connectivity index (χ1) is 16.9. The molecule has 8 heteroatoms. The van der Waals surface area contributed by atoms with Crippen molar-refractivity contribution >= 4 is 12.1 Å². The molecule has 0 aliphatic carbocycles. The van der Waals surface area contributed by atoms with E-state index in [-0.39, 0.29) is 36.1 Å². The summed E-state index contributed by atoms with van der Waals surface area (Å²) in [4.78, 5) is 40.3. The molecule has 1 amide bonds. The lowest BCUT2D eigenvalue weighted by molar-refractivity contribution is 0.0563. The van der Waals surface area contributed by atoms with E-state index in [9.17, 15) is 14.4 Å². The monoisotopic (exact) mass is 475 g/mol. The van der Waals surface area contributed by atoms with Crippen LogP contribution in [-0.2, 0) is 4.74 Å². The smallest absolute Gasteiger partial charge is 0.434 e. The Morgan fingerprint density at radius 1 is 1.03 bits per heavy atom. The lowest BCUT2D eigenvalue weighted by Gasteiger charge is -2.41. The molecule has 0 radical (unpaired) electrons. The Morgan fingerprint density at radius 3 is 2.17 bits per heavy atom. The van der Waals surface area contributed by atoms with Gasteiger partial charge in [0.25, 0.3) is 5.91 Å². The summed E-state index contributed by atoms with van der Waals surface area (Å²) in [5.41, 5.74) is 1.38. The van der Waals surface area contributed by atoms with Gasteiger partial charge in [-0.2, -0.15) is 5.10 Å². The summed E-state index contributed by atoms with van der Waals surface area (Å²) in [5, 5.41) is 4.37. The number of aromatic nitrogens is 2. The van der Waals surface area contributed by atoms with Crippen LogP contribution in [0.5, 0.6) is 5.75 Å². The van der Waals surface area contributed by atoms with Gasteiger partial charge in [-0.05, 0) is 31.4 Å². The highest BCUT2D eigenvalue weighted by Gasteiger charge is 2.41. The zero-order chi connectivity index (χ0) is 24.9. The molecular weight excluding hydrogens is 446 g/mol. The molecule has 2 aromatic carbocycles. The highest BCUT2D eigenvalue weighted by molar-refractivity contribution is 5.96. The lowest BCUT2D eigenvalue weighted by atomic mass is 9.83. The molecule has 0 saturated carbocycles. The number of amides is 1. The molecule has 3 aromatic rings. The summed E-state index contributed by atoms with van der Waals surface area (Å²) in [6.07, 6.45) is 0.664. The molecule has 1 aromatic heterocycles. The van der Waals surface area contributed by atoms with Gasteiger partial charge in [-0.1, -0.05) is 67.6 Å². The number of benzene rings is 2. The van der Waals surface area contributed by atoms with Crippen molar-refractivity contribution < 1.29 is 19.1 Å². The SMILES string of the molecule is CCCOC(=O)Oc1c2n(ncc1=O)C(C(c1ccccc1)c1ccccc1)CN(C(C)C)C2=O. The fraction of sp³-hybridized carbons (Fsp3) is 0.333. The summed E-state index contributed by atoms with van der Waals surface area (Å²) in [6, 6.07) is 19.4. The number of hydrogen-bond donors (Lipinski definition) is 0. The molecule has 0 bridgehead atoms. The standard InChI is InChI=1S/C27H29N3O5/c1-4-15-34-27(33)35-25-22(31)16-28-30-21(17-29(18(2)3)26(32)24(25)30)23(19-11-7-5-8-12-19)20-13-9-6-10-14-20/h5-14,16,18,21,23H,4,15,17H2,1-3H3. The van der Waals surface area contributed by atoms with Crippen LogP contribution in [0.3, 0.4) is 0 Å². The van der Waals surface area contributed by atoms with Crippen LogP contribution in [0.25, 0.3) is 0 Å². The van der Waals surface area contributed by atoms with Crippen LogP contribution in [-0.4, -0.2) is 45.9 Å². The van der Waals surface area contributed by atoms with Crippen molar-refractivity contribution in [3.63, 3.8) is 0 Å². The van der Waals surface area contributed by atoms with Gasteiger partial charge in [0.05, 0.1) is 18.8 Å². The van der Waals surface area contributed by atoms with Crippen LogP contribution in [0.15, 0.2) is 71.7 Å². The lowest BCUT2D eigenvalue weighted by Crippen LogP contribution is -2.50. The maximum absolute atomic E-state index is 13.6. The Bertz CT molecular complexity index is 1200.